The molecule has 1 aliphatic rings. The number of halogens is 1. The smallest absolute Gasteiger partial charge is 0.164 e. The molecule has 0 aliphatic carbocycles. The van der Waals surface area contributed by atoms with Gasteiger partial charge in [-0.25, -0.2) is 0 Å². The Hall–Kier alpha value is -0.930. The summed E-state index contributed by atoms with van der Waals surface area (Å²) < 4.78 is 11.0. The SMILES string of the molecule is CNCC1Cc2cccc(OC)c2O1.Cl. The molecule has 0 bridgehead atoms. The Labute approximate surface area is 96.2 Å². The van der Waals surface area contributed by atoms with Gasteiger partial charge in [-0.15, -0.1) is 12.4 Å². The van der Waals surface area contributed by atoms with Crippen molar-refractivity contribution in [3.63, 3.8) is 0 Å². The lowest BCUT2D eigenvalue weighted by atomic mass is 10.1. The zero-order chi connectivity index (χ0) is 9.97. The van der Waals surface area contributed by atoms with E-state index in [-0.39, 0.29) is 18.5 Å². The Morgan fingerprint density at radius 2 is 2.33 bits per heavy atom. The van der Waals surface area contributed by atoms with Crippen LogP contribution < -0.4 is 14.8 Å². The second-order valence-corrected chi connectivity index (χ2v) is 3.45. The fourth-order valence-electron chi connectivity index (χ4n) is 1.81. The summed E-state index contributed by atoms with van der Waals surface area (Å²) in [5.41, 5.74) is 1.24. The first-order valence-corrected chi connectivity index (χ1v) is 4.82. The highest BCUT2D eigenvalue weighted by Crippen LogP contribution is 2.37. The normalized spacial score (nSPS) is 17.6. The largest absolute Gasteiger partial charge is 0.493 e. The van der Waals surface area contributed by atoms with Crippen LogP contribution in [-0.2, 0) is 6.42 Å². The zero-order valence-corrected chi connectivity index (χ0v) is 9.76. The van der Waals surface area contributed by atoms with Gasteiger partial charge >= 0.3 is 0 Å². The first-order chi connectivity index (χ1) is 6.85. The number of benzene rings is 1. The van der Waals surface area contributed by atoms with Gasteiger partial charge in [0.15, 0.2) is 11.5 Å². The van der Waals surface area contributed by atoms with Crippen molar-refractivity contribution in [2.24, 2.45) is 0 Å². The molecular weight excluding hydrogens is 214 g/mol. The Kier molecular flexibility index (Phi) is 4.24. The van der Waals surface area contributed by atoms with Gasteiger partial charge < -0.3 is 14.8 Å². The number of fused-ring (bicyclic) bond motifs is 1. The summed E-state index contributed by atoms with van der Waals surface area (Å²) in [6.45, 7) is 0.873. The average Bonchev–Trinajstić information content (AvgIpc) is 2.60. The van der Waals surface area contributed by atoms with Crippen molar-refractivity contribution in [1.29, 1.82) is 0 Å². The number of para-hydroxylation sites is 1. The van der Waals surface area contributed by atoms with Crippen molar-refractivity contribution in [1.82, 2.24) is 5.32 Å². The number of ether oxygens (including phenoxy) is 2. The molecule has 0 amide bonds. The molecule has 2 rings (SSSR count). The molecule has 1 aliphatic heterocycles. The number of rotatable bonds is 3. The molecule has 1 atom stereocenters. The van der Waals surface area contributed by atoms with E-state index >= 15 is 0 Å². The minimum Gasteiger partial charge on any atom is -0.493 e. The summed E-state index contributed by atoms with van der Waals surface area (Å²) in [6, 6.07) is 6.02. The molecule has 3 nitrogen and oxygen atoms in total. The zero-order valence-electron chi connectivity index (χ0n) is 8.95. The Morgan fingerprint density at radius 3 is 3.00 bits per heavy atom. The van der Waals surface area contributed by atoms with Gasteiger partial charge in [-0.2, -0.15) is 0 Å². The lowest BCUT2D eigenvalue weighted by Crippen LogP contribution is -2.27. The molecule has 0 aromatic heterocycles. The van der Waals surface area contributed by atoms with Crippen LogP contribution in [0.2, 0.25) is 0 Å². The number of nitrogens with one attached hydrogen (secondary N) is 1. The monoisotopic (exact) mass is 229 g/mol. The van der Waals surface area contributed by atoms with Crippen LogP contribution in [0.3, 0.4) is 0 Å². The number of methoxy groups -OCH3 is 1. The van der Waals surface area contributed by atoms with Crippen molar-refractivity contribution in [2.45, 2.75) is 12.5 Å². The Bertz CT molecular complexity index is 330. The van der Waals surface area contributed by atoms with Gasteiger partial charge in [0.05, 0.1) is 7.11 Å². The highest BCUT2D eigenvalue weighted by molar-refractivity contribution is 5.85. The standard InChI is InChI=1S/C11H15NO2.ClH/c1-12-7-9-6-8-4-3-5-10(13-2)11(8)14-9;/h3-5,9,12H,6-7H2,1-2H3;1H. The van der Waals surface area contributed by atoms with Crippen LogP contribution in [-0.4, -0.2) is 26.8 Å². The second-order valence-electron chi connectivity index (χ2n) is 3.45. The number of hydrogen-bond acceptors (Lipinski definition) is 3. The minimum absolute atomic E-state index is 0. The highest BCUT2D eigenvalue weighted by atomic mass is 35.5. The van der Waals surface area contributed by atoms with Crippen molar-refractivity contribution in [3.8, 4) is 11.5 Å². The Balaban J connectivity index is 0.00000112. The lowest BCUT2D eigenvalue weighted by Gasteiger charge is -2.10. The third-order valence-corrected chi connectivity index (χ3v) is 2.44. The molecule has 4 heteroatoms. The predicted molar refractivity (Wildman–Crippen MR) is 62.3 cm³/mol. The predicted octanol–water partition coefficient (Wildman–Crippen LogP) is 1.64. The first kappa shape index (κ1) is 12.1. The number of likely N-dealkylation sites (N-methyl/N-ethyl adjacent to an activating group) is 1. The lowest BCUT2D eigenvalue weighted by molar-refractivity contribution is 0.222. The van der Waals surface area contributed by atoms with E-state index in [1.165, 1.54) is 5.56 Å². The van der Waals surface area contributed by atoms with Gasteiger partial charge in [-0.3, -0.25) is 0 Å². The fraction of sp³-hybridized carbons (Fsp3) is 0.455. The molecule has 15 heavy (non-hydrogen) atoms. The van der Waals surface area contributed by atoms with Gasteiger partial charge in [-0.1, -0.05) is 12.1 Å². The molecular formula is C11H16ClNO2. The molecule has 0 saturated carbocycles. The van der Waals surface area contributed by atoms with E-state index < -0.39 is 0 Å². The maximum absolute atomic E-state index is 5.78. The summed E-state index contributed by atoms with van der Waals surface area (Å²) in [4.78, 5) is 0. The molecule has 0 fully saturated rings. The van der Waals surface area contributed by atoms with Crippen LogP contribution in [0.1, 0.15) is 5.56 Å². The van der Waals surface area contributed by atoms with Crippen LogP contribution in [0.5, 0.6) is 11.5 Å². The Morgan fingerprint density at radius 1 is 1.53 bits per heavy atom. The van der Waals surface area contributed by atoms with Gasteiger partial charge in [0.1, 0.15) is 6.10 Å². The van der Waals surface area contributed by atoms with Gasteiger partial charge in [0, 0.05) is 18.5 Å². The van der Waals surface area contributed by atoms with Crippen LogP contribution in [0, 0.1) is 0 Å². The fourth-order valence-corrected chi connectivity index (χ4v) is 1.81. The summed E-state index contributed by atoms with van der Waals surface area (Å²) in [7, 11) is 3.61. The van der Waals surface area contributed by atoms with Crippen molar-refractivity contribution < 1.29 is 9.47 Å². The average molecular weight is 230 g/mol. The van der Waals surface area contributed by atoms with E-state index in [1.54, 1.807) is 7.11 Å². The van der Waals surface area contributed by atoms with Crippen LogP contribution in [0.4, 0.5) is 0 Å². The van der Waals surface area contributed by atoms with E-state index in [0.717, 1.165) is 24.5 Å². The van der Waals surface area contributed by atoms with E-state index in [4.69, 9.17) is 9.47 Å². The third-order valence-electron chi connectivity index (χ3n) is 2.44. The summed E-state index contributed by atoms with van der Waals surface area (Å²) in [5.74, 6) is 1.75. The van der Waals surface area contributed by atoms with Crippen LogP contribution in [0.15, 0.2) is 18.2 Å². The molecule has 0 radical (unpaired) electrons. The molecule has 84 valence electrons. The molecule has 1 aromatic rings. The second kappa shape index (κ2) is 5.24. The first-order valence-electron chi connectivity index (χ1n) is 4.82. The van der Waals surface area contributed by atoms with Gasteiger partial charge in [0.25, 0.3) is 0 Å². The van der Waals surface area contributed by atoms with Crippen LogP contribution >= 0.6 is 12.4 Å². The topological polar surface area (TPSA) is 30.5 Å². The molecule has 1 heterocycles. The third kappa shape index (κ3) is 2.36. The van der Waals surface area contributed by atoms with Crippen molar-refractivity contribution >= 4 is 12.4 Å². The maximum atomic E-state index is 5.78. The number of hydrogen-bond donors (Lipinski definition) is 1. The molecule has 1 aromatic carbocycles. The van der Waals surface area contributed by atoms with Gasteiger partial charge in [0.2, 0.25) is 0 Å². The van der Waals surface area contributed by atoms with E-state index in [1.807, 2.05) is 19.2 Å². The molecule has 0 saturated heterocycles. The summed E-state index contributed by atoms with van der Waals surface area (Å²) in [5, 5.41) is 3.12. The summed E-state index contributed by atoms with van der Waals surface area (Å²) in [6.07, 6.45) is 1.21. The minimum atomic E-state index is 0. The molecule has 1 N–H and O–H groups in total. The molecule has 0 spiro atoms. The van der Waals surface area contributed by atoms with Crippen molar-refractivity contribution in [3.05, 3.63) is 23.8 Å². The maximum Gasteiger partial charge on any atom is 0.164 e. The quantitative estimate of drug-likeness (QED) is 0.855. The van der Waals surface area contributed by atoms with E-state index in [0.29, 0.717) is 0 Å². The van der Waals surface area contributed by atoms with E-state index in [2.05, 4.69) is 11.4 Å². The molecule has 1 unspecified atom stereocenters. The van der Waals surface area contributed by atoms with Crippen LogP contribution in [0.25, 0.3) is 0 Å². The van der Waals surface area contributed by atoms with Crippen molar-refractivity contribution in [2.75, 3.05) is 20.7 Å². The van der Waals surface area contributed by atoms with E-state index in [9.17, 15) is 0 Å². The highest BCUT2D eigenvalue weighted by Gasteiger charge is 2.24. The van der Waals surface area contributed by atoms with Gasteiger partial charge in [-0.05, 0) is 13.1 Å². The summed E-state index contributed by atoms with van der Waals surface area (Å²) >= 11 is 0.